The van der Waals surface area contributed by atoms with Gasteiger partial charge in [0, 0.05) is 20.3 Å². The molecule has 0 aliphatic carbocycles. The van der Waals surface area contributed by atoms with Gasteiger partial charge in [-0.1, -0.05) is 13.0 Å². The Morgan fingerprint density at radius 2 is 2.05 bits per heavy atom. The molecule has 2 aromatic heterocycles. The molecule has 0 bridgehead atoms. The van der Waals surface area contributed by atoms with E-state index in [1.807, 2.05) is 24.3 Å². The molecule has 0 spiro atoms. The number of benzene rings is 1. The third-order valence-corrected chi connectivity index (χ3v) is 5.89. The lowest BCUT2D eigenvalue weighted by Crippen LogP contribution is -2.22. The van der Waals surface area contributed by atoms with Crippen LogP contribution in [0.2, 0.25) is 0 Å². The highest BCUT2D eigenvalue weighted by Crippen LogP contribution is 2.34. The molecule has 0 saturated heterocycles. The van der Waals surface area contributed by atoms with Crippen LogP contribution in [-0.2, 0) is 6.42 Å². The van der Waals surface area contributed by atoms with E-state index in [2.05, 4.69) is 29.8 Å². The zero-order valence-electron chi connectivity index (χ0n) is 12.2. The van der Waals surface area contributed by atoms with Crippen LogP contribution >= 0.6 is 22.7 Å². The van der Waals surface area contributed by atoms with Gasteiger partial charge < -0.3 is 5.32 Å². The second-order valence-electron chi connectivity index (χ2n) is 5.18. The van der Waals surface area contributed by atoms with Gasteiger partial charge in [-0.2, -0.15) is 0 Å². The summed E-state index contributed by atoms with van der Waals surface area (Å²) in [4.78, 5) is 1.34. The molecule has 0 amide bonds. The van der Waals surface area contributed by atoms with E-state index in [9.17, 15) is 4.39 Å². The van der Waals surface area contributed by atoms with Crippen molar-refractivity contribution in [2.45, 2.75) is 26.3 Å². The molecule has 110 valence electrons. The molecule has 0 aliphatic rings. The molecule has 1 nitrogen and oxygen atoms in total. The molecule has 3 rings (SSSR count). The number of thiophene rings is 2. The topological polar surface area (TPSA) is 12.0 Å². The Morgan fingerprint density at radius 1 is 1.19 bits per heavy atom. The largest absolute Gasteiger partial charge is 0.309 e. The first-order valence-corrected chi connectivity index (χ1v) is 8.82. The van der Waals surface area contributed by atoms with Crippen LogP contribution < -0.4 is 5.32 Å². The summed E-state index contributed by atoms with van der Waals surface area (Å²) in [6, 6.07) is 9.75. The Hall–Kier alpha value is -1.23. The summed E-state index contributed by atoms with van der Waals surface area (Å²) in [5, 5.41) is 5.67. The average Bonchev–Trinajstić information content (AvgIpc) is 3.03. The molecule has 0 aliphatic heterocycles. The minimum absolute atomic E-state index is 0.155. The van der Waals surface area contributed by atoms with Crippen molar-refractivity contribution in [3.63, 3.8) is 0 Å². The van der Waals surface area contributed by atoms with E-state index in [0.717, 1.165) is 24.1 Å². The Balaban J connectivity index is 1.90. The first-order chi connectivity index (χ1) is 10.2. The molecule has 0 radical (unpaired) electrons. The lowest BCUT2D eigenvalue weighted by atomic mass is 10.00. The fourth-order valence-corrected chi connectivity index (χ4v) is 4.75. The number of nitrogens with one attached hydrogen (secondary N) is 1. The molecule has 0 saturated carbocycles. The summed E-state index contributed by atoms with van der Waals surface area (Å²) < 4.78 is 16.2. The second-order valence-corrected chi connectivity index (χ2v) is 7.25. The molecule has 21 heavy (non-hydrogen) atoms. The third-order valence-electron chi connectivity index (χ3n) is 3.69. The summed E-state index contributed by atoms with van der Waals surface area (Å²) >= 11 is 3.61. The Kier molecular flexibility index (Phi) is 4.38. The molecule has 1 N–H and O–H groups in total. The van der Waals surface area contributed by atoms with Crippen molar-refractivity contribution in [1.82, 2.24) is 5.32 Å². The normalized spacial score (nSPS) is 12.9. The van der Waals surface area contributed by atoms with Crippen molar-refractivity contribution < 1.29 is 4.39 Å². The lowest BCUT2D eigenvalue weighted by Gasteiger charge is -2.18. The van der Waals surface area contributed by atoms with Crippen LogP contribution in [0.1, 0.15) is 29.0 Å². The van der Waals surface area contributed by atoms with E-state index in [1.165, 1.54) is 20.3 Å². The zero-order valence-corrected chi connectivity index (χ0v) is 13.8. The maximum Gasteiger partial charge on any atom is 0.123 e. The first kappa shape index (κ1) is 14.7. The van der Waals surface area contributed by atoms with Crippen LogP contribution in [0.25, 0.3) is 9.40 Å². The maximum atomic E-state index is 13.5. The van der Waals surface area contributed by atoms with Gasteiger partial charge >= 0.3 is 0 Å². The fraction of sp³-hybridized carbons (Fsp3) is 0.294. The van der Waals surface area contributed by atoms with Crippen molar-refractivity contribution in [2.24, 2.45) is 0 Å². The van der Waals surface area contributed by atoms with Crippen molar-refractivity contribution >= 4 is 32.1 Å². The van der Waals surface area contributed by atoms with Crippen LogP contribution in [0.3, 0.4) is 0 Å². The highest BCUT2D eigenvalue weighted by atomic mass is 32.1. The summed E-state index contributed by atoms with van der Waals surface area (Å²) in [5.41, 5.74) is 2.23. The minimum atomic E-state index is -0.155. The van der Waals surface area contributed by atoms with Crippen molar-refractivity contribution in [3.05, 3.63) is 57.5 Å². The number of hydrogen-bond donors (Lipinski definition) is 1. The molecule has 4 heteroatoms. The summed E-state index contributed by atoms with van der Waals surface area (Å²) in [7, 11) is 0. The number of likely N-dealkylation sites (N-methyl/N-ethyl adjacent to an activating group) is 1. The highest BCUT2D eigenvalue weighted by molar-refractivity contribution is 7.26. The van der Waals surface area contributed by atoms with Gasteiger partial charge in [-0.25, -0.2) is 4.39 Å². The zero-order chi connectivity index (χ0) is 14.8. The SMILES string of the molecule is CCNC(Cc1cc(F)ccc1C)c1cc2sccc2s1. The van der Waals surface area contributed by atoms with Crippen LogP contribution in [0, 0.1) is 12.7 Å². The Labute approximate surface area is 132 Å². The van der Waals surface area contributed by atoms with Crippen molar-refractivity contribution in [2.75, 3.05) is 6.54 Å². The molecular formula is C17H18FNS2. The molecule has 3 aromatic rings. The first-order valence-electron chi connectivity index (χ1n) is 7.12. The molecule has 1 unspecified atom stereocenters. The number of fused-ring (bicyclic) bond motifs is 1. The van der Waals surface area contributed by atoms with Gasteiger partial charge in [0.2, 0.25) is 0 Å². The number of rotatable bonds is 5. The van der Waals surface area contributed by atoms with Gasteiger partial charge in [0.1, 0.15) is 5.82 Å². The van der Waals surface area contributed by atoms with Gasteiger partial charge in [-0.15, -0.1) is 22.7 Å². The van der Waals surface area contributed by atoms with Gasteiger partial charge in [0.05, 0.1) is 0 Å². The third kappa shape index (κ3) is 3.18. The summed E-state index contributed by atoms with van der Waals surface area (Å²) in [6.07, 6.45) is 0.825. The summed E-state index contributed by atoms with van der Waals surface area (Å²) in [6.45, 7) is 5.07. The molecule has 0 fully saturated rings. The van der Waals surface area contributed by atoms with Crippen molar-refractivity contribution in [1.29, 1.82) is 0 Å². The van der Waals surface area contributed by atoms with Crippen LogP contribution in [0.15, 0.2) is 35.7 Å². The molecule has 1 aromatic carbocycles. The van der Waals surface area contributed by atoms with Crippen LogP contribution in [0.5, 0.6) is 0 Å². The van der Waals surface area contributed by atoms with Crippen molar-refractivity contribution in [3.8, 4) is 0 Å². The second kappa shape index (κ2) is 6.26. The Morgan fingerprint density at radius 3 is 2.81 bits per heavy atom. The quantitative estimate of drug-likeness (QED) is 0.672. The highest BCUT2D eigenvalue weighted by Gasteiger charge is 2.16. The smallest absolute Gasteiger partial charge is 0.123 e. The van der Waals surface area contributed by atoms with E-state index in [1.54, 1.807) is 17.4 Å². The van der Waals surface area contributed by atoms with Gasteiger partial charge in [0.25, 0.3) is 0 Å². The predicted octanol–water partition coefficient (Wildman–Crippen LogP) is 5.30. The number of aryl methyl sites for hydroxylation is 1. The van der Waals surface area contributed by atoms with E-state index in [-0.39, 0.29) is 11.9 Å². The monoisotopic (exact) mass is 319 g/mol. The minimum Gasteiger partial charge on any atom is -0.309 e. The summed E-state index contributed by atoms with van der Waals surface area (Å²) in [5.74, 6) is -0.155. The molecular weight excluding hydrogens is 301 g/mol. The van der Waals surface area contributed by atoms with E-state index >= 15 is 0 Å². The Bertz CT molecular complexity index is 716. The van der Waals surface area contributed by atoms with Gasteiger partial charge in [-0.3, -0.25) is 0 Å². The van der Waals surface area contributed by atoms with E-state index < -0.39 is 0 Å². The molecule has 1 atom stereocenters. The van der Waals surface area contributed by atoms with E-state index in [0.29, 0.717) is 0 Å². The fourth-order valence-electron chi connectivity index (χ4n) is 2.56. The maximum absolute atomic E-state index is 13.5. The van der Waals surface area contributed by atoms with E-state index in [4.69, 9.17) is 0 Å². The van der Waals surface area contributed by atoms with Gasteiger partial charge in [-0.05, 0) is 60.7 Å². The average molecular weight is 319 g/mol. The predicted molar refractivity (Wildman–Crippen MR) is 91.0 cm³/mol. The number of hydrogen-bond acceptors (Lipinski definition) is 3. The van der Waals surface area contributed by atoms with Crippen LogP contribution in [0.4, 0.5) is 4.39 Å². The lowest BCUT2D eigenvalue weighted by molar-refractivity contribution is 0.553. The number of halogens is 1. The van der Waals surface area contributed by atoms with Crippen LogP contribution in [-0.4, -0.2) is 6.54 Å². The van der Waals surface area contributed by atoms with Gasteiger partial charge in [0.15, 0.2) is 0 Å². The standard InChI is InChI=1S/C17H18FNS2/c1-3-19-14(9-12-8-13(18)5-4-11(12)2)16-10-17-15(21-16)6-7-20-17/h4-8,10,14,19H,3,9H2,1-2H3. The molecule has 2 heterocycles.